The van der Waals surface area contributed by atoms with Crippen molar-refractivity contribution in [3.63, 3.8) is 0 Å². The number of carbonyl (C=O) groups is 1. The Balaban J connectivity index is 1.77. The van der Waals surface area contributed by atoms with Crippen LogP contribution in [0.3, 0.4) is 0 Å². The average molecular weight is 377 g/mol. The molecule has 1 aliphatic rings. The number of nitrogens with zero attached hydrogens (tertiary/aromatic N) is 3. The van der Waals surface area contributed by atoms with E-state index < -0.39 is 0 Å². The average Bonchev–Trinajstić information content (AvgIpc) is 3.10. The number of hydrogen-bond acceptors (Lipinski definition) is 4. The summed E-state index contributed by atoms with van der Waals surface area (Å²) in [6.07, 6.45) is 2.36. The quantitative estimate of drug-likeness (QED) is 0.717. The summed E-state index contributed by atoms with van der Waals surface area (Å²) in [5.41, 5.74) is 3.92. The third-order valence-corrected chi connectivity index (χ3v) is 4.61. The summed E-state index contributed by atoms with van der Waals surface area (Å²) >= 11 is 0. The van der Waals surface area contributed by atoms with Gasteiger partial charge in [0, 0.05) is 12.1 Å². The van der Waals surface area contributed by atoms with Crippen LogP contribution >= 0.6 is 0 Å². The van der Waals surface area contributed by atoms with E-state index in [-0.39, 0.29) is 23.7 Å². The van der Waals surface area contributed by atoms with Crippen LogP contribution in [0.1, 0.15) is 36.1 Å². The number of fused-ring (bicyclic) bond motifs is 1. The van der Waals surface area contributed by atoms with Crippen LogP contribution in [0.4, 0.5) is 16.3 Å². The lowest BCUT2D eigenvalue weighted by Crippen LogP contribution is -2.20. The number of amides is 1. The van der Waals surface area contributed by atoms with Crippen LogP contribution in [0, 0.1) is 12.7 Å². The Morgan fingerprint density at radius 3 is 2.57 bits per heavy atom. The summed E-state index contributed by atoms with van der Waals surface area (Å²) in [4.78, 5) is 16.1. The van der Waals surface area contributed by atoms with Crippen molar-refractivity contribution in [1.82, 2.24) is 14.8 Å². The molecule has 4 rings (SSSR count). The molecule has 2 heterocycles. The first-order valence-corrected chi connectivity index (χ1v) is 9.11. The van der Waals surface area contributed by atoms with Gasteiger partial charge in [0.25, 0.3) is 5.95 Å². The number of halogens is 1. The molecule has 0 saturated carbocycles. The number of nitrogens with one attached hydrogen (secondary N) is 2. The van der Waals surface area contributed by atoms with Gasteiger partial charge in [-0.05, 0) is 36.3 Å². The number of allylic oxidation sites excluding steroid dienone is 1. The minimum absolute atomic E-state index is 0.159. The van der Waals surface area contributed by atoms with E-state index in [4.69, 9.17) is 0 Å². The predicted octanol–water partition coefficient (Wildman–Crippen LogP) is 4.13. The standard InChI is InChI=1S/C21H20FN5O/c1-3-19(28)24-20-25-21-23-17(14-6-4-13(2)5-7-14)12-18(27(21)26-20)15-8-10-16(22)11-9-15/h4-12,18H,3H2,1-2H3,(H2,23,24,25,26,28). The van der Waals surface area contributed by atoms with Crippen LogP contribution < -0.4 is 10.6 Å². The lowest BCUT2D eigenvalue weighted by molar-refractivity contribution is -0.115. The van der Waals surface area contributed by atoms with E-state index in [2.05, 4.69) is 20.7 Å². The molecule has 0 saturated heterocycles. The zero-order valence-electron chi connectivity index (χ0n) is 15.6. The fourth-order valence-electron chi connectivity index (χ4n) is 3.06. The molecule has 1 aromatic heterocycles. The van der Waals surface area contributed by atoms with Gasteiger partial charge in [-0.2, -0.15) is 4.98 Å². The minimum Gasteiger partial charge on any atom is -0.324 e. The number of benzene rings is 2. The summed E-state index contributed by atoms with van der Waals surface area (Å²) in [5, 5.41) is 10.4. The lowest BCUT2D eigenvalue weighted by atomic mass is 10.0. The van der Waals surface area contributed by atoms with Gasteiger partial charge in [0.15, 0.2) is 0 Å². The third kappa shape index (κ3) is 3.51. The normalized spacial score (nSPS) is 15.4. The van der Waals surface area contributed by atoms with E-state index in [1.807, 2.05) is 37.3 Å². The molecule has 1 aliphatic heterocycles. The van der Waals surface area contributed by atoms with E-state index in [9.17, 15) is 9.18 Å². The maximum Gasteiger partial charge on any atom is 0.250 e. The Kier molecular flexibility index (Phi) is 4.65. The van der Waals surface area contributed by atoms with E-state index in [1.54, 1.807) is 23.7 Å². The van der Waals surface area contributed by atoms with E-state index in [0.717, 1.165) is 16.8 Å². The lowest BCUT2D eigenvalue weighted by Gasteiger charge is -2.24. The number of carbonyl (C=O) groups excluding carboxylic acids is 1. The molecule has 1 atom stereocenters. The second-order valence-electron chi connectivity index (χ2n) is 6.67. The van der Waals surface area contributed by atoms with E-state index >= 15 is 0 Å². The summed E-state index contributed by atoms with van der Waals surface area (Å²) in [7, 11) is 0. The molecule has 28 heavy (non-hydrogen) atoms. The van der Waals surface area contributed by atoms with Crippen LogP contribution in [0.2, 0.25) is 0 Å². The SMILES string of the molecule is CCC(=O)Nc1nc2n(n1)C(c1ccc(F)cc1)C=C(c1ccc(C)cc1)N2. The first-order chi connectivity index (χ1) is 13.5. The zero-order chi connectivity index (χ0) is 19.7. The van der Waals surface area contributed by atoms with Gasteiger partial charge in [-0.3, -0.25) is 10.1 Å². The van der Waals surface area contributed by atoms with Crippen LogP contribution in [0.5, 0.6) is 0 Å². The summed E-state index contributed by atoms with van der Waals surface area (Å²) in [5.74, 6) is 0.293. The third-order valence-electron chi connectivity index (χ3n) is 4.61. The predicted molar refractivity (Wildman–Crippen MR) is 106 cm³/mol. The van der Waals surface area contributed by atoms with Gasteiger partial charge in [0.05, 0.1) is 0 Å². The molecule has 1 unspecified atom stereocenters. The van der Waals surface area contributed by atoms with Crippen molar-refractivity contribution >= 4 is 23.5 Å². The van der Waals surface area contributed by atoms with Crippen LogP contribution in [0.15, 0.2) is 54.6 Å². The van der Waals surface area contributed by atoms with E-state index in [1.165, 1.54) is 17.7 Å². The van der Waals surface area contributed by atoms with Gasteiger partial charge < -0.3 is 5.32 Å². The summed E-state index contributed by atoms with van der Waals surface area (Å²) in [6, 6.07) is 14.2. The van der Waals surface area contributed by atoms with Gasteiger partial charge in [0.2, 0.25) is 11.9 Å². The fraction of sp³-hybridized carbons (Fsp3) is 0.190. The Morgan fingerprint density at radius 2 is 1.89 bits per heavy atom. The molecule has 1 amide bonds. The molecule has 2 aromatic carbocycles. The van der Waals surface area contributed by atoms with Crippen molar-refractivity contribution in [2.24, 2.45) is 0 Å². The Hall–Kier alpha value is -3.48. The number of anilines is 2. The Morgan fingerprint density at radius 1 is 1.18 bits per heavy atom. The van der Waals surface area contributed by atoms with E-state index in [0.29, 0.717) is 12.4 Å². The second kappa shape index (κ2) is 7.26. The van der Waals surface area contributed by atoms with Gasteiger partial charge in [0.1, 0.15) is 11.9 Å². The largest absolute Gasteiger partial charge is 0.324 e. The number of aromatic nitrogens is 3. The monoisotopic (exact) mass is 377 g/mol. The summed E-state index contributed by atoms with van der Waals surface area (Å²) < 4.78 is 15.1. The van der Waals surface area contributed by atoms with Gasteiger partial charge in [-0.15, -0.1) is 5.10 Å². The molecule has 0 radical (unpaired) electrons. The molecule has 6 nitrogen and oxygen atoms in total. The van der Waals surface area contributed by atoms with Gasteiger partial charge in [-0.25, -0.2) is 9.07 Å². The summed E-state index contributed by atoms with van der Waals surface area (Å²) in [6.45, 7) is 3.80. The molecule has 0 bridgehead atoms. The molecule has 0 spiro atoms. The van der Waals surface area contributed by atoms with Gasteiger partial charge >= 0.3 is 0 Å². The maximum absolute atomic E-state index is 13.4. The molecule has 2 N–H and O–H groups in total. The highest BCUT2D eigenvalue weighted by Gasteiger charge is 2.25. The van der Waals surface area contributed by atoms with Crippen molar-refractivity contribution in [2.75, 3.05) is 10.6 Å². The van der Waals surface area contributed by atoms with Gasteiger partial charge in [-0.1, -0.05) is 48.9 Å². The minimum atomic E-state index is -0.296. The molecule has 3 aromatic rings. The van der Waals surface area contributed by atoms with Crippen LogP contribution in [-0.4, -0.2) is 20.7 Å². The number of rotatable bonds is 4. The molecule has 7 heteroatoms. The molecule has 0 fully saturated rings. The highest BCUT2D eigenvalue weighted by atomic mass is 19.1. The molecular formula is C21H20FN5O. The van der Waals surface area contributed by atoms with Crippen LogP contribution in [0.25, 0.3) is 5.70 Å². The Bertz CT molecular complexity index is 1040. The maximum atomic E-state index is 13.4. The number of aryl methyl sites for hydroxylation is 1. The van der Waals surface area contributed by atoms with Crippen molar-refractivity contribution in [1.29, 1.82) is 0 Å². The highest BCUT2D eigenvalue weighted by molar-refractivity contribution is 5.89. The van der Waals surface area contributed by atoms with Crippen molar-refractivity contribution < 1.29 is 9.18 Å². The van der Waals surface area contributed by atoms with Crippen LogP contribution in [-0.2, 0) is 4.79 Å². The van der Waals surface area contributed by atoms with Crippen molar-refractivity contribution in [3.05, 3.63) is 77.1 Å². The Labute approximate surface area is 162 Å². The van der Waals surface area contributed by atoms with Crippen molar-refractivity contribution in [3.8, 4) is 0 Å². The first kappa shape index (κ1) is 17.9. The molecule has 142 valence electrons. The molecular weight excluding hydrogens is 357 g/mol. The highest BCUT2D eigenvalue weighted by Crippen LogP contribution is 2.33. The fourth-order valence-corrected chi connectivity index (χ4v) is 3.06. The smallest absolute Gasteiger partial charge is 0.250 e. The molecule has 0 aliphatic carbocycles. The number of hydrogen-bond donors (Lipinski definition) is 2. The zero-order valence-corrected chi connectivity index (χ0v) is 15.6. The topological polar surface area (TPSA) is 71.8 Å². The first-order valence-electron chi connectivity index (χ1n) is 9.11. The second-order valence-corrected chi connectivity index (χ2v) is 6.67. The van der Waals surface area contributed by atoms with Crippen molar-refractivity contribution in [2.45, 2.75) is 26.3 Å².